The summed E-state index contributed by atoms with van der Waals surface area (Å²) in [6.45, 7) is 111. The number of hydrogen-bond donors (Lipinski definition) is 0. The second kappa shape index (κ2) is 58.6. The molecule has 0 amide bonds. The lowest BCUT2D eigenvalue weighted by Crippen LogP contribution is -2.54. The van der Waals surface area contributed by atoms with Crippen molar-refractivity contribution in [3.8, 4) is 0 Å². The Balaban J connectivity index is 7.77. The van der Waals surface area contributed by atoms with Crippen LogP contribution in [0.2, 0.25) is 0 Å². The van der Waals surface area contributed by atoms with Gasteiger partial charge >= 0.3 is 5.97 Å². The summed E-state index contributed by atoms with van der Waals surface area (Å²) in [5, 5.41) is 0. The first-order valence-electron chi connectivity index (χ1n) is 61.1. The Hall–Kier alpha value is -1.31. The van der Waals surface area contributed by atoms with Gasteiger partial charge in [0.1, 0.15) is 6.61 Å². The maximum Gasteiger partial charge on any atom is 0.312 e. The maximum absolute atomic E-state index is 18.1. The van der Waals surface area contributed by atoms with Gasteiger partial charge in [0, 0.05) is 0 Å². The van der Waals surface area contributed by atoms with Crippen molar-refractivity contribution < 1.29 is 9.53 Å². The predicted octanol–water partition coefficient (Wildman–Crippen LogP) is 46.5. The van der Waals surface area contributed by atoms with E-state index in [-0.39, 0.29) is 103 Å². The van der Waals surface area contributed by atoms with Crippen LogP contribution in [0.1, 0.15) is 688 Å². The molecule has 2 heteroatoms. The van der Waals surface area contributed by atoms with Crippen molar-refractivity contribution in [3.05, 3.63) is 35.9 Å². The molecule has 1 unspecified atom stereocenters. The van der Waals surface area contributed by atoms with Crippen LogP contribution in [0.4, 0.5) is 0 Å². The smallest absolute Gasteiger partial charge is 0.312 e. The molecule has 0 aliphatic carbocycles. The minimum Gasteiger partial charge on any atom is -0.460 e. The molecule has 2 nitrogen and oxygen atoms in total. The lowest BCUT2D eigenvalue weighted by molar-refractivity contribution is -0.166. The van der Waals surface area contributed by atoms with E-state index in [2.05, 4.69) is 314 Å². The van der Waals surface area contributed by atoms with Gasteiger partial charge in [-0.1, -0.05) is 571 Å². The molecule has 0 saturated heterocycles. The number of carbonyl (C=O) groups is 1. The number of benzene rings is 1. The van der Waals surface area contributed by atoms with Crippen molar-refractivity contribution in [2.45, 2.75) is 689 Å². The van der Waals surface area contributed by atoms with E-state index in [1.165, 1.54) is 385 Å². The van der Waals surface area contributed by atoms with Crippen LogP contribution in [0.25, 0.3) is 0 Å². The van der Waals surface area contributed by atoms with E-state index in [9.17, 15) is 0 Å². The zero-order valence-corrected chi connectivity index (χ0v) is 100. The summed E-state index contributed by atoms with van der Waals surface area (Å²) in [6.07, 6.45) is 76.5. The topological polar surface area (TPSA) is 26.3 Å². The molecule has 0 saturated carbocycles. The summed E-state index contributed by atoms with van der Waals surface area (Å²) in [6, 6.07) is 11.0. The zero-order chi connectivity index (χ0) is 102. The highest BCUT2D eigenvalue weighted by Gasteiger charge is 2.64. The standard InChI is InChI=1S/C131H254O2/c1-42-82-86-89-125(80-39,81-40)104-131(108-129(98-119(62-21,63-22)64-23,99-120(65-24,66-25)67-26)100-121(68-27,69-28)70-29,109-130(101-122(71-30,72-31)73-32,102-123(74-33,75-34)76-35)103-124(77-36,78-37)79-38)107-126(91-112(41,43-2)111(132)133-90-110-87-84-83-85-88-110,105-127(92-113(44-3,45-4)46-5,93-114(47-6,48-7)49-8)94-115(50-9,51-10)52-11)106-128(95-116(53-12,54-13)55-14,96-117(56-15,57-16)58-17)97-118(59-18,60-19)61-20/h83-85,87-88H,42-82,86,89-109H2,1-41H3. The van der Waals surface area contributed by atoms with Crippen molar-refractivity contribution in [2.24, 2.45) is 108 Å². The fraction of sp³-hybridized carbons (Fsp3) is 0.947. The molecule has 790 valence electrons. The molecule has 0 aromatic heterocycles. The Labute approximate surface area is 842 Å². The minimum atomic E-state index is -0.825. The van der Waals surface area contributed by atoms with E-state index in [0.717, 1.165) is 18.4 Å². The van der Waals surface area contributed by atoms with Gasteiger partial charge in [0.25, 0.3) is 0 Å². The van der Waals surface area contributed by atoms with Crippen molar-refractivity contribution in [1.29, 1.82) is 0 Å². The van der Waals surface area contributed by atoms with Gasteiger partial charge in [0.05, 0.1) is 5.41 Å². The molecule has 1 rings (SSSR count). The number of hydrogen-bond acceptors (Lipinski definition) is 2. The van der Waals surface area contributed by atoms with Gasteiger partial charge in [-0.05, 0) is 250 Å². The summed E-state index contributed by atoms with van der Waals surface area (Å²) < 4.78 is 7.56. The van der Waals surface area contributed by atoms with E-state index < -0.39 is 10.8 Å². The molecule has 0 aliphatic rings. The molecule has 0 radical (unpaired) electrons. The van der Waals surface area contributed by atoms with Crippen molar-refractivity contribution in [1.82, 2.24) is 0 Å². The highest BCUT2D eigenvalue weighted by atomic mass is 16.5. The Morgan fingerprint density at radius 3 is 0.466 bits per heavy atom. The summed E-state index contributed by atoms with van der Waals surface area (Å²) in [5.74, 6) is 0.0941. The van der Waals surface area contributed by atoms with Gasteiger partial charge in [-0.15, -0.1) is 0 Å². The van der Waals surface area contributed by atoms with Crippen LogP contribution >= 0.6 is 0 Å². The average Bonchev–Trinajstić information content (AvgIpc) is 0.738. The van der Waals surface area contributed by atoms with E-state index in [0.29, 0.717) is 6.61 Å². The molecule has 1 aromatic carbocycles. The minimum absolute atomic E-state index is 0.0279. The second-order valence-electron chi connectivity index (χ2n) is 50.7. The van der Waals surface area contributed by atoms with Crippen LogP contribution in [-0.4, -0.2) is 5.97 Å². The molecule has 133 heavy (non-hydrogen) atoms. The predicted molar refractivity (Wildman–Crippen MR) is 604 cm³/mol. The summed E-state index contributed by atoms with van der Waals surface area (Å²) in [7, 11) is 0. The van der Waals surface area contributed by atoms with Crippen LogP contribution < -0.4 is 0 Å². The van der Waals surface area contributed by atoms with Crippen LogP contribution in [0.5, 0.6) is 0 Å². The SMILES string of the molecule is CCCCCC(CC)(CC)CC(CC(CC(CC)(CC)CC)(CC(CC)(CC)CC)CC(CC)(CC)CC)(CC(CC(CC)(CC)CC)(CC(CC)(CC)CC)CC(CC)(CC)CC)CC(CC(CC(CC)(CC)CC)(CC(CC)(CC)CC)CC(CC)(CC)CC)(CC(CC(CC)(CC)CC)(CC(CC)(CC)CC)CC(CC)(CC)CC)CC(C)(CC)C(=O)OCc1ccccc1. The molecule has 0 bridgehead atoms. The molecule has 0 aliphatic heterocycles. The number of unbranched alkanes of at least 4 members (excludes halogenated alkanes) is 2. The first-order chi connectivity index (χ1) is 62.9. The average molecular weight is 1860 g/mol. The molecule has 0 N–H and O–H groups in total. The van der Waals surface area contributed by atoms with E-state index in [4.69, 9.17) is 4.74 Å². The Morgan fingerprint density at radius 2 is 0.323 bits per heavy atom. The Morgan fingerprint density at radius 1 is 0.180 bits per heavy atom. The van der Waals surface area contributed by atoms with Crippen LogP contribution in [0, 0.1) is 108 Å². The van der Waals surface area contributed by atoms with Crippen molar-refractivity contribution in [3.63, 3.8) is 0 Å². The van der Waals surface area contributed by atoms with Gasteiger partial charge in [-0.25, -0.2) is 0 Å². The van der Waals surface area contributed by atoms with Crippen molar-refractivity contribution >= 4 is 5.97 Å². The fourth-order valence-corrected chi connectivity index (χ4v) is 33.8. The molecular formula is C131H254O2. The molecule has 1 atom stereocenters. The summed E-state index contributed by atoms with van der Waals surface area (Å²) in [4.78, 5) is 18.1. The number of carbonyl (C=O) groups excluding carboxylic acids is 1. The quantitative estimate of drug-likeness (QED) is 0.0480. The summed E-state index contributed by atoms with van der Waals surface area (Å²) in [5.41, 5.74) is 1.31. The van der Waals surface area contributed by atoms with E-state index in [1.807, 2.05) is 0 Å². The third-order valence-electron chi connectivity index (χ3n) is 46.6. The normalized spacial score (nSPS) is 14.8. The van der Waals surface area contributed by atoms with Gasteiger partial charge in [-0.2, -0.15) is 0 Å². The summed E-state index contributed by atoms with van der Waals surface area (Å²) >= 11 is 0. The third kappa shape index (κ3) is 33.4. The van der Waals surface area contributed by atoms with Crippen molar-refractivity contribution in [2.75, 3.05) is 0 Å². The van der Waals surface area contributed by atoms with Gasteiger partial charge < -0.3 is 4.74 Å². The Kier molecular flexibility index (Phi) is 57.1. The first-order valence-corrected chi connectivity index (χ1v) is 61.1. The van der Waals surface area contributed by atoms with E-state index in [1.54, 1.807) is 0 Å². The zero-order valence-electron chi connectivity index (χ0n) is 100. The second-order valence-corrected chi connectivity index (χ2v) is 50.7. The monoisotopic (exact) mass is 1860 g/mol. The van der Waals surface area contributed by atoms with Crippen LogP contribution in [0.3, 0.4) is 0 Å². The highest BCUT2D eigenvalue weighted by Crippen LogP contribution is 2.75. The molecule has 0 spiro atoms. The third-order valence-corrected chi connectivity index (χ3v) is 46.6. The maximum atomic E-state index is 18.1. The first kappa shape index (κ1) is 130. The molecule has 0 fully saturated rings. The molecular weight excluding hydrogens is 1610 g/mol. The van der Waals surface area contributed by atoms with Crippen LogP contribution in [0.15, 0.2) is 30.3 Å². The van der Waals surface area contributed by atoms with Crippen LogP contribution in [-0.2, 0) is 16.1 Å². The Bertz CT molecular complexity index is 2640. The number of ether oxygens (including phenoxy) is 1. The van der Waals surface area contributed by atoms with E-state index >= 15 is 4.79 Å². The highest BCUT2D eigenvalue weighted by molar-refractivity contribution is 5.76. The number of esters is 1. The molecule has 1 aromatic rings. The largest absolute Gasteiger partial charge is 0.460 e. The van der Waals surface area contributed by atoms with Gasteiger partial charge in [0.15, 0.2) is 0 Å². The van der Waals surface area contributed by atoms with Gasteiger partial charge in [-0.3, -0.25) is 4.79 Å². The lowest BCUT2D eigenvalue weighted by atomic mass is 9.41. The fourth-order valence-electron chi connectivity index (χ4n) is 33.8. The number of rotatable bonds is 84. The molecule has 0 heterocycles. The van der Waals surface area contributed by atoms with Gasteiger partial charge in [0.2, 0.25) is 0 Å². The lowest BCUT2D eigenvalue weighted by Gasteiger charge is -2.64.